The molecule has 1 aliphatic heterocycles. The molecule has 0 aromatic heterocycles. The summed E-state index contributed by atoms with van der Waals surface area (Å²) in [5.41, 5.74) is 14.2. The van der Waals surface area contributed by atoms with Gasteiger partial charge in [0.15, 0.2) is 0 Å². The van der Waals surface area contributed by atoms with Crippen LogP contribution in [0.4, 0.5) is 34.1 Å². The molecule has 7 rings (SSSR count). The first-order valence-corrected chi connectivity index (χ1v) is 16.9. The van der Waals surface area contributed by atoms with Crippen molar-refractivity contribution in [3.63, 3.8) is 0 Å². The smallest absolute Gasteiger partial charge is 0.0488 e. The lowest BCUT2D eigenvalue weighted by atomic mass is 9.87. The van der Waals surface area contributed by atoms with Crippen LogP contribution in [-0.4, -0.2) is 11.9 Å². The normalized spacial score (nSPS) is 14.8. The average Bonchev–Trinajstić information content (AvgIpc) is 3.23. The minimum Gasteiger partial charge on any atom is -0.310 e. The Hall–Kier alpha value is -5.12. The van der Waals surface area contributed by atoms with Crippen molar-refractivity contribution in [3.05, 3.63) is 168 Å². The quantitative estimate of drug-likeness (QED) is 0.174. The highest BCUT2D eigenvalue weighted by Gasteiger charge is 2.46. The van der Waals surface area contributed by atoms with Crippen LogP contribution in [0.1, 0.15) is 49.9 Å². The molecule has 0 atom stereocenters. The van der Waals surface area contributed by atoms with Gasteiger partial charge in [-0.3, -0.25) is 4.90 Å². The molecule has 0 fully saturated rings. The number of para-hydroxylation sites is 2. The molecule has 3 heteroatoms. The summed E-state index contributed by atoms with van der Waals surface area (Å²) in [7, 11) is 2.25. The highest BCUT2D eigenvalue weighted by atomic mass is 15.2. The Balaban J connectivity index is 1.50. The molecule has 0 saturated heterocycles. The van der Waals surface area contributed by atoms with Gasteiger partial charge in [-0.15, -0.1) is 0 Å². The van der Waals surface area contributed by atoms with E-state index in [0.717, 1.165) is 34.1 Å². The van der Waals surface area contributed by atoms with E-state index < -0.39 is 0 Å². The fourth-order valence-corrected chi connectivity index (χ4v) is 7.28. The molecule has 3 nitrogen and oxygen atoms in total. The summed E-state index contributed by atoms with van der Waals surface area (Å²) in [4.78, 5) is 7.25. The first-order chi connectivity index (χ1) is 23.0. The van der Waals surface area contributed by atoms with Gasteiger partial charge in [-0.2, -0.15) is 0 Å². The maximum atomic E-state index is 2.50. The molecule has 0 bridgehead atoms. The topological polar surface area (TPSA) is 9.72 Å². The Bertz CT molecular complexity index is 1960. The predicted octanol–water partition coefficient (Wildman–Crippen LogP) is 12.3. The van der Waals surface area contributed by atoms with Crippen LogP contribution in [0.3, 0.4) is 0 Å². The Kier molecular flexibility index (Phi) is 7.97. The summed E-state index contributed by atoms with van der Waals surface area (Å²) in [5.74, 6) is 0. The number of hydrogen-bond donors (Lipinski definition) is 0. The van der Waals surface area contributed by atoms with Gasteiger partial charge in [-0.1, -0.05) is 83.9 Å². The maximum absolute atomic E-state index is 2.50. The zero-order chi connectivity index (χ0) is 33.6. The second-order valence-electron chi connectivity index (χ2n) is 14.2. The minimum absolute atomic E-state index is 0.0462. The minimum atomic E-state index is -0.0920. The Morgan fingerprint density at radius 1 is 0.396 bits per heavy atom. The fourth-order valence-electron chi connectivity index (χ4n) is 7.28. The Morgan fingerprint density at radius 3 is 1.27 bits per heavy atom. The molecule has 0 N–H and O–H groups in total. The molecule has 6 aromatic carbocycles. The van der Waals surface area contributed by atoms with Crippen LogP contribution in [0, 0.1) is 13.8 Å². The number of fused-ring (bicyclic) bond motifs is 1. The van der Waals surface area contributed by atoms with Gasteiger partial charge in [-0.05, 0) is 144 Å². The molecule has 1 heterocycles. The van der Waals surface area contributed by atoms with E-state index in [2.05, 4.69) is 209 Å². The van der Waals surface area contributed by atoms with Crippen molar-refractivity contribution in [1.29, 1.82) is 0 Å². The number of rotatable bonds is 7. The van der Waals surface area contributed by atoms with Gasteiger partial charge in [0.25, 0.3) is 0 Å². The third-order valence-electron chi connectivity index (χ3n) is 10.4. The van der Waals surface area contributed by atoms with E-state index >= 15 is 0 Å². The largest absolute Gasteiger partial charge is 0.310 e. The molecule has 48 heavy (non-hydrogen) atoms. The molecule has 0 amide bonds. The van der Waals surface area contributed by atoms with Crippen LogP contribution in [0.5, 0.6) is 0 Å². The Labute approximate surface area is 286 Å². The highest BCUT2D eigenvalue weighted by molar-refractivity contribution is 5.87. The van der Waals surface area contributed by atoms with Gasteiger partial charge < -0.3 is 9.80 Å². The van der Waals surface area contributed by atoms with E-state index in [1.807, 2.05) is 0 Å². The Morgan fingerprint density at radius 2 is 0.812 bits per heavy atom. The average molecular weight is 628 g/mol. The first-order valence-electron chi connectivity index (χ1n) is 16.9. The molecule has 0 radical (unpaired) electrons. The predicted molar refractivity (Wildman–Crippen MR) is 205 cm³/mol. The number of anilines is 6. The molecule has 6 aromatic rings. The summed E-state index contributed by atoms with van der Waals surface area (Å²) in [5, 5.41) is 0. The fraction of sp³-hybridized carbons (Fsp3) is 0.200. The van der Waals surface area contributed by atoms with E-state index in [-0.39, 0.29) is 11.1 Å². The standard InChI is InChI=1S/C45H45N3/c1-32-18-23-38(24-19-32)48(39-25-20-33(2)21-26-39)41-29-35(34-22-27-42-43(30-34)45(5,6)46(7)44(42,3)4)28-40(31-41)47(36-14-10-8-11-15-36)37-16-12-9-13-17-37/h8-31H,1-7H3. The van der Waals surface area contributed by atoms with Crippen LogP contribution in [0.15, 0.2) is 146 Å². The monoisotopic (exact) mass is 627 g/mol. The number of benzene rings is 6. The third-order valence-corrected chi connectivity index (χ3v) is 10.4. The summed E-state index contributed by atoms with van der Waals surface area (Å²) >= 11 is 0. The lowest BCUT2D eigenvalue weighted by molar-refractivity contribution is 0.0730. The van der Waals surface area contributed by atoms with Crippen molar-refractivity contribution in [2.75, 3.05) is 16.8 Å². The van der Waals surface area contributed by atoms with Crippen LogP contribution < -0.4 is 9.80 Å². The molecule has 0 aliphatic carbocycles. The summed E-state index contributed by atoms with van der Waals surface area (Å²) in [6.45, 7) is 13.6. The van der Waals surface area contributed by atoms with Crippen molar-refractivity contribution in [2.45, 2.75) is 52.6 Å². The summed E-state index contributed by atoms with van der Waals surface area (Å²) in [6, 6.07) is 53.2. The van der Waals surface area contributed by atoms with E-state index in [1.54, 1.807) is 0 Å². The zero-order valence-corrected chi connectivity index (χ0v) is 29.2. The van der Waals surface area contributed by atoms with Gasteiger partial charge in [0.1, 0.15) is 0 Å². The zero-order valence-electron chi connectivity index (χ0n) is 29.2. The van der Waals surface area contributed by atoms with Crippen LogP contribution >= 0.6 is 0 Å². The number of aryl methyl sites for hydroxylation is 2. The molecule has 240 valence electrons. The molecule has 0 unspecified atom stereocenters. The van der Waals surface area contributed by atoms with Crippen molar-refractivity contribution < 1.29 is 0 Å². The van der Waals surface area contributed by atoms with E-state index in [0.29, 0.717) is 0 Å². The molecule has 0 spiro atoms. The SMILES string of the molecule is Cc1ccc(N(c2ccc(C)cc2)c2cc(-c3ccc4c(c3)C(C)(C)N(C)C4(C)C)cc(N(c3ccccc3)c3ccccc3)c2)cc1. The van der Waals surface area contributed by atoms with Gasteiger partial charge in [0, 0.05) is 45.2 Å². The van der Waals surface area contributed by atoms with Crippen molar-refractivity contribution in [1.82, 2.24) is 4.90 Å². The molecule has 0 saturated carbocycles. The molecular formula is C45H45N3. The van der Waals surface area contributed by atoms with Gasteiger partial charge >= 0.3 is 0 Å². The lowest BCUT2D eigenvalue weighted by Crippen LogP contribution is -2.42. The maximum Gasteiger partial charge on any atom is 0.0488 e. The first kappa shape index (κ1) is 31.5. The third kappa shape index (κ3) is 5.59. The number of nitrogens with zero attached hydrogens (tertiary/aromatic N) is 3. The highest BCUT2D eigenvalue weighted by Crippen LogP contribution is 2.50. The van der Waals surface area contributed by atoms with Gasteiger partial charge in [0.05, 0.1) is 0 Å². The van der Waals surface area contributed by atoms with Gasteiger partial charge in [-0.25, -0.2) is 0 Å². The second-order valence-corrected chi connectivity index (χ2v) is 14.2. The van der Waals surface area contributed by atoms with Gasteiger partial charge in [0.2, 0.25) is 0 Å². The molecule has 1 aliphatic rings. The van der Waals surface area contributed by atoms with Crippen molar-refractivity contribution >= 4 is 34.1 Å². The van der Waals surface area contributed by atoms with Crippen LogP contribution in [-0.2, 0) is 11.1 Å². The van der Waals surface area contributed by atoms with Crippen molar-refractivity contribution in [2.24, 2.45) is 0 Å². The second kappa shape index (κ2) is 12.2. The summed E-state index contributed by atoms with van der Waals surface area (Å²) < 4.78 is 0. The molecular weight excluding hydrogens is 583 g/mol. The van der Waals surface area contributed by atoms with E-state index in [1.165, 1.54) is 33.4 Å². The summed E-state index contributed by atoms with van der Waals surface area (Å²) in [6.07, 6.45) is 0. The van der Waals surface area contributed by atoms with Crippen LogP contribution in [0.25, 0.3) is 11.1 Å². The lowest BCUT2D eigenvalue weighted by Gasteiger charge is -2.37. The van der Waals surface area contributed by atoms with E-state index in [4.69, 9.17) is 0 Å². The van der Waals surface area contributed by atoms with E-state index in [9.17, 15) is 0 Å². The van der Waals surface area contributed by atoms with Crippen LogP contribution in [0.2, 0.25) is 0 Å². The number of hydrogen-bond acceptors (Lipinski definition) is 3. The van der Waals surface area contributed by atoms with Crippen molar-refractivity contribution in [3.8, 4) is 11.1 Å².